The number of carboxylic acids is 1. The van der Waals surface area contributed by atoms with E-state index in [0.717, 1.165) is 28.8 Å². The molecule has 29 heavy (non-hydrogen) atoms. The molecule has 148 valence electrons. The van der Waals surface area contributed by atoms with Crippen LogP contribution in [0.3, 0.4) is 0 Å². The van der Waals surface area contributed by atoms with Crippen molar-refractivity contribution in [2.75, 3.05) is 0 Å². The van der Waals surface area contributed by atoms with Crippen LogP contribution < -0.4 is 5.32 Å². The Bertz CT molecular complexity index is 984. The molecule has 3 aromatic carbocycles. The molecule has 0 radical (unpaired) electrons. The molecule has 4 nitrogen and oxygen atoms in total. The summed E-state index contributed by atoms with van der Waals surface area (Å²) in [5, 5.41) is 11.9. The van der Waals surface area contributed by atoms with Gasteiger partial charge in [0.25, 0.3) is 0 Å². The molecular weight excluding hydrogens is 376 g/mol. The predicted octanol–water partition coefficient (Wildman–Crippen LogP) is 3.99. The first kappa shape index (κ1) is 20.2. The van der Waals surface area contributed by atoms with Crippen molar-refractivity contribution in [1.29, 1.82) is 0 Å². The second kappa shape index (κ2) is 9.10. The molecule has 3 aromatic rings. The lowest BCUT2D eigenvalue weighted by Gasteiger charge is -2.15. The minimum absolute atomic E-state index is 0.0909. The number of amides is 1. The molecule has 2 N–H and O–H groups in total. The van der Waals surface area contributed by atoms with Crippen molar-refractivity contribution in [2.24, 2.45) is 0 Å². The molecule has 3 rings (SSSR count). The first-order valence-electron chi connectivity index (χ1n) is 9.02. The van der Waals surface area contributed by atoms with Gasteiger partial charge in [0.15, 0.2) is 0 Å². The van der Waals surface area contributed by atoms with Crippen molar-refractivity contribution in [3.05, 3.63) is 95.6 Å². The van der Waals surface area contributed by atoms with E-state index in [9.17, 15) is 23.5 Å². The molecule has 0 aromatic heterocycles. The fourth-order valence-electron chi connectivity index (χ4n) is 3.04. The number of rotatable bonds is 7. The standard InChI is InChI=1S/C23H19F2NO3/c24-19-10-16(11-20(25)14-19)13-22(27)26-21(23(28)29)12-15-6-8-18(9-7-15)17-4-2-1-3-5-17/h1-11,14,21H,12-13H2,(H,26,27)(H,28,29)/t21-/m0/s1. The van der Waals surface area contributed by atoms with E-state index in [0.29, 0.717) is 6.07 Å². The highest BCUT2D eigenvalue weighted by atomic mass is 19.1. The third-order valence-electron chi connectivity index (χ3n) is 4.42. The topological polar surface area (TPSA) is 66.4 Å². The Morgan fingerprint density at radius 3 is 2.00 bits per heavy atom. The normalized spacial score (nSPS) is 11.7. The van der Waals surface area contributed by atoms with Gasteiger partial charge in [-0.3, -0.25) is 4.79 Å². The number of carbonyl (C=O) groups excluding carboxylic acids is 1. The molecule has 0 spiro atoms. The van der Waals surface area contributed by atoms with Crippen LogP contribution in [0, 0.1) is 11.6 Å². The van der Waals surface area contributed by atoms with Gasteiger partial charge in [-0.15, -0.1) is 0 Å². The van der Waals surface area contributed by atoms with Crippen LogP contribution >= 0.6 is 0 Å². The molecule has 0 aliphatic rings. The fraction of sp³-hybridized carbons (Fsp3) is 0.130. The smallest absolute Gasteiger partial charge is 0.326 e. The first-order chi connectivity index (χ1) is 13.9. The van der Waals surface area contributed by atoms with Crippen molar-refractivity contribution >= 4 is 11.9 Å². The van der Waals surface area contributed by atoms with Crippen LogP contribution in [0.15, 0.2) is 72.8 Å². The largest absolute Gasteiger partial charge is 0.480 e. The monoisotopic (exact) mass is 395 g/mol. The summed E-state index contributed by atoms with van der Waals surface area (Å²) in [6.45, 7) is 0. The zero-order valence-corrected chi connectivity index (χ0v) is 15.4. The van der Waals surface area contributed by atoms with E-state index in [-0.39, 0.29) is 18.4 Å². The summed E-state index contributed by atoms with van der Waals surface area (Å²) in [6, 6.07) is 18.8. The Morgan fingerprint density at radius 2 is 1.41 bits per heavy atom. The van der Waals surface area contributed by atoms with Crippen LogP contribution in [0.1, 0.15) is 11.1 Å². The van der Waals surface area contributed by atoms with Crippen molar-refractivity contribution in [3.63, 3.8) is 0 Å². The van der Waals surface area contributed by atoms with Crippen LogP contribution in [0.2, 0.25) is 0 Å². The van der Waals surface area contributed by atoms with E-state index >= 15 is 0 Å². The van der Waals surface area contributed by atoms with Gasteiger partial charge >= 0.3 is 5.97 Å². The Kier molecular flexibility index (Phi) is 6.34. The van der Waals surface area contributed by atoms with E-state index < -0.39 is 29.6 Å². The predicted molar refractivity (Wildman–Crippen MR) is 105 cm³/mol. The van der Waals surface area contributed by atoms with Crippen molar-refractivity contribution in [1.82, 2.24) is 5.32 Å². The van der Waals surface area contributed by atoms with Gasteiger partial charge in [-0.2, -0.15) is 0 Å². The summed E-state index contributed by atoms with van der Waals surface area (Å²) in [7, 11) is 0. The van der Waals surface area contributed by atoms with Gasteiger partial charge in [-0.05, 0) is 34.4 Å². The minimum Gasteiger partial charge on any atom is -0.480 e. The highest BCUT2D eigenvalue weighted by Crippen LogP contribution is 2.20. The van der Waals surface area contributed by atoms with Gasteiger partial charge in [-0.1, -0.05) is 54.6 Å². The van der Waals surface area contributed by atoms with Gasteiger partial charge in [0, 0.05) is 12.5 Å². The maximum absolute atomic E-state index is 13.2. The first-order valence-corrected chi connectivity index (χ1v) is 9.02. The van der Waals surface area contributed by atoms with Gasteiger partial charge in [0.1, 0.15) is 17.7 Å². The average molecular weight is 395 g/mol. The number of aliphatic carboxylic acids is 1. The fourth-order valence-corrected chi connectivity index (χ4v) is 3.04. The summed E-state index contributed by atoms with van der Waals surface area (Å²) in [5.74, 6) is -3.39. The maximum atomic E-state index is 13.2. The lowest BCUT2D eigenvalue weighted by molar-refractivity contribution is -0.141. The third kappa shape index (κ3) is 5.72. The molecule has 0 bridgehead atoms. The maximum Gasteiger partial charge on any atom is 0.326 e. The van der Waals surface area contributed by atoms with E-state index in [1.807, 2.05) is 54.6 Å². The Hall–Kier alpha value is -3.54. The number of carbonyl (C=O) groups is 2. The molecule has 1 amide bonds. The van der Waals surface area contributed by atoms with E-state index in [1.54, 1.807) is 0 Å². The molecule has 0 unspecified atom stereocenters. The molecule has 0 aliphatic carbocycles. The lowest BCUT2D eigenvalue weighted by atomic mass is 10.0. The summed E-state index contributed by atoms with van der Waals surface area (Å²) in [4.78, 5) is 23.7. The number of benzene rings is 3. The van der Waals surface area contributed by atoms with E-state index in [4.69, 9.17) is 0 Å². The number of hydrogen-bond acceptors (Lipinski definition) is 2. The number of carboxylic acid groups (broad SMARTS) is 1. The Labute approximate surface area is 166 Å². The molecular formula is C23H19F2NO3. The number of halogens is 2. The second-order valence-corrected chi connectivity index (χ2v) is 6.68. The Balaban J connectivity index is 1.65. The highest BCUT2D eigenvalue weighted by molar-refractivity contribution is 5.85. The van der Waals surface area contributed by atoms with Gasteiger partial charge in [0.2, 0.25) is 5.91 Å². The van der Waals surface area contributed by atoms with Crippen LogP contribution in [-0.2, 0) is 22.4 Å². The quantitative estimate of drug-likeness (QED) is 0.636. The number of hydrogen-bond donors (Lipinski definition) is 2. The lowest BCUT2D eigenvalue weighted by Crippen LogP contribution is -2.43. The van der Waals surface area contributed by atoms with Crippen LogP contribution in [0.25, 0.3) is 11.1 Å². The SMILES string of the molecule is O=C(Cc1cc(F)cc(F)c1)N[C@@H](Cc1ccc(-c2ccccc2)cc1)C(=O)O. The molecule has 1 atom stereocenters. The average Bonchev–Trinajstić information content (AvgIpc) is 2.68. The molecule has 0 fully saturated rings. The summed E-state index contributed by atoms with van der Waals surface area (Å²) in [5.41, 5.74) is 2.92. The Morgan fingerprint density at radius 1 is 0.828 bits per heavy atom. The van der Waals surface area contributed by atoms with Crippen LogP contribution in [0.5, 0.6) is 0 Å². The van der Waals surface area contributed by atoms with Crippen LogP contribution in [-0.4, -0.2) is 23.0 Å². The van der Waals surface area contributed by atoms with Gasteiger partial charge in [0.05, 0.1) is 6.42 Å². The van der Waals surface area contributed by atoms with Crippen molar-refractivity contribution < 1.29 is 23.5 Å². The number of nitrogens with one attached hydrogen (secondary N) is 1. The summed E-state index contributed by atoms with van der Waals surface area (Å²) < 4.78 is 26.5. The van der Waals surface area contributed by atoms with Gasteiger partial charge in [-0.25, -0.2) is 13.6 Å². The molecule has 0 saturated heterocycles. The highest BCUT2D eigenvalue weighted by Gasteiger charge is 2.21. The van der Waals surface area contributed by atoms with E-state index in [1.165, 1.54) is 0 Å². The zero-order chi connectivity index (χ0) is 20.8. The minimum atomic E-state index is -1.18. The molecule has 0 heterocycles. The summed E-state index contributed by atoms with van der Waals surface area (Å²) >= 11 is 0. The van der Waals surface area contributed by atoms with E-state index in [2.05, 4.69) is 5.32 Å². The summed E-state index contributed by atoms with van der Waals surface area (Å²) in [6.07, 6.45) is -0.223. The third-order valence-corrected chi connectivity index (χ3v) is 4.42. The zero-order valence-electron chi connectivity index (χ0n) is 15.4. The second-order valence-electron chi connectivity index (χ2n) is 6.68. The molecule has 6 heteroatoms. The van der Waals surface area contributed by atoms with Crippen molar-refractivity contribution in [3.8, 4) is 11.1 Å². The van der Waals surface area contributed by atoms with Crippen LogP contribution in [0.4, 0.5) is 8.78 Å². The van der Waals surface area contributed by atoms with Gasteiger partial charge < -0.3 is 10.4 Å². The van der Waals surface area contributed by atoms with Crippen molar-refractivity contribution in [2.45, 2.75) is 18.9 Å². The molecule has 0 aliphatic heterocycles. The molecule has 0 saturated carbocycles.